The Bertz CT molecular complexity index is 784. The van der Waals surface area contributed by atoms with Crippen molar-refractivity contribution in [3.05, 3.63) is 47.3 Å². The van der Waals surface area contributed by atoms with Crippen LogP contribution < -0.4 is 5.73 Å². The van der Waals surface area contributed by atoms with Gasteiger partial charge in [-0.3, -0.25) is 4.79 Å². The molecule has 8 heteroatoms. The second kappa shape index (κ2) is 6.51. The smallest absolute Gasteiger partial charge is 0.337 e. The van der Waals surface area contributed by atoms with Crippen molar-refractivity contribution in [1.82, 2.24) is 14.7 Å². The topological polar surface area (TPSA) is 64.2 Å². The zero-order valence-corrected chi connectivity index (χ0v) is 13.8. The summed E-state index contributed by atoms with van der Waals surface area (Å²) in [5.74, 6) is -0.189. The quantitative estimate of drug-likeness (QED) is 0.904. The maximum absolute atomic E-state index is 12.9. The van der Waals surface area contributed by atoms with Crippen molar-refractivity contribution >= 4 is 5.91 Å². The Morgan fingerprint density at radius 3 is 2.80 bits per heavy atom. The lowest BCUT2D eigenvalue weighted by Gasteiger charge is -2.30. The summed E-state index contributed by atoms with van der Waals surface area (Å²) in [5.41, 5.74) is 6.31. The minimum absolute atomic E-state index is 0.0449. The van der Waals surface area contributed by atoms with Crippen molar-refractivity contribution in [3.63, 3.8) is 0 Å². The van der Waals surface area contributed by atoms with Gasteiger partial charge in [0.1, 0.15) is 0 Å². The Balaban J connectivity index is 1.90. The summed E-state index contributed by atoms with van der Waals surface area (Å²) in [4.78, 5) is 14.3. The lowest BCUT2D eigenvalue weighted by molar-refractivity contribution is -0.137. The predicted octanol–water partition coefficient (Wildman–Crippen LogP) is 2.76. The van der Waals surface area contributed by atoms with Crippen molar-refractivity contribution in [3.8, 4) is 5.69 Å². The summed E-state index contributed by atoms with van der Waals surface area (Å²) in [6, 6.07) is 4.83. The minimum Gasteiger partial charge on any atom is -0.337 e. The molecule has 0 aliphatic carbocycles. The molecule has 25 heavy (non-hydrogen) atoms. The fraction of sp³-hybridized carbons (Fsp3) is 0.412. The number of benzene rings is 1. The van der Waals surface area contributed by atoms with Gasteiger partial charge in [0.25, 0.3) is 5.91 Å². The first-order valence-electron chi connectivity index (χ1n) is 8.04. The Morgan fingerprint density at radius 2 is 2.12 bits per heavy atom. The van der Waals surface area contributed by atoms with Gasteiger partial charge in [-0.1, -0.05) is 6.07 Å². The van der Waals surface area contributed by atoms with Crippen LogP contribution in [0.2, 0.25) is 0 Å². The highest BCUT2D eigenvalue weighted by Gasteiger charge is 2.31. The van der Waals surface area contributed by atoms with E-state index in [-0.39, 0.29) is 17.6 Å². The number of carbonyl (C=O) groups excluding carboxylic acids is 1. The van der Waals surface area contributed by atoms with E-state index in [1.807, 2.05) is 0 Å². The molecule has 1 amide bonds. The van der Waals surface area contributed by atoms with E-state index in [4.69, 9.17) is 5.73 Å². The van der Waals surface area contributed by atoms with Crippen LogP contribution in [0.3, 0.4) is 0 Å². The van der Waals surface area contributed by atoms with Crippen LogP contribution in [0.15, 0.2) is 30.5 Å². The molecule has 1 aliphatic rings. The Morgan fingerprint density at radius 1 is 1.36 bits per heavy atom. The molecule has 5 nitrogen and oxygen atoms in total. The molecule has 1 fully saturated rings. The van der Waals surface area contributed by atoms with Gasteiger partial charge in [0.15, 0.2) is 0 Å². The summed E-state index contributed by atoms with van der Waals surface area (Å²) in [5, 5.41) is 4.11. The SMILES string of the molecule is Cc1c(C(=O)N2CCC[C@H](N)C2)cnn1-c1cccc(C(F)(F)F)c1. The second-order valence-electron chi connectivity index (χ2n) is 6.26. The number of halogens is 3. The summed E-state index contributed by atoms with van der Waals surface area (Å²) in [7, 11) is 0. The molecule has 2 aromatic rings. The van der Waals surface area contributed by atoms with E-state index in [9.17, 15) is 18.0 Å². The highest BCUT2D eigenvalue weighted by atomic mass is 19.4. The molecule has 2 heterocycles. The van der Waals surface area contributed by atoms with Gasteiger partial charge in [-0.05, 0) is 38.0 Å². The maximum atomic E-state index is 12.9. The number of hydrogen-bond acceptors (Lipinski definition) is 3. The first-order valence-corrected chi connectivity index (χ1v) is 8.04. The molecule has 1 aliphatic heterocycles. The number of rotatable bonds is 2. The van der Waals surface area contributed by atoms with Crippen LogP contribution in [0.5, 0.6) is 0 Å². The van der Waals surface area contributed by atoms with E-state index in [0.717, 1.165) is 25.0 Å². The number of nitrogens with zero attached hydrogens (tertiary/aromatic N) is 3. The molecule has 0 radical (unpaired) electrons. The zero-order valence-electron chi connectivity index (χ0n) is 13.8. The largest absolute Gasteiger partial charge is 0.416 e. The van der Waals surface area contributed by atoms with Crippen molar-refractivity contribution in [2.24, 2.45) is 5.73 Å². The number of hydrogen-bond donors (Lipinski definition) is 1. The van der Waals surface area contributed by atoms with Gasteiger partial charge >= 0.3 is 6.18 Å². The van der Waals surface area contributed by atoms with Gasteiger partial charge in [-0.2, -0.15) is 18.3 Å². The van der Waals surface area contributed by atoms with Gasteiger partial charge in [0, 0.05) is 19.1 Å². The molecule has 0 saturated carbocycles. The number of carbonyl (C=O) groups is 1. The first kappa shape index (κ1) is 17.5. The zero-order chi connectivity index (χ0) is 18.2. The lowest BCUT2D eigenvalue weighted by Crippen LogP contribution is -2.45. The third kappa shape index (κ3) is 3.53. The Hall–Kier alpha value is -2.35. The van der Waals surface area contributed by atoms with E-state index in [1.165, 1.54) is 23.0 Å². The lowest BCUT2D eigenvalue weighted by atomic mass is 10.1. The molecule has 1 aromatic carbocycles. The van der Waals surface area contributed by atoms with Crippen LogP contribution in [0.1, 0.15) is 34.5 Å². The van der Waals surface area contributed by atoms with Gasteiger partial charge in [-0.15, -0.1) is 0 Å². The molecule has 0 bridgehead atoms. The van der Waals surface area contributed by atoms with Crippen LogP contribution in [-0.2, 0) is 6.18 Å². The van der Waals surface area contributed by atoms with Crippen LogP contribution in [-0.4, -0.2) is 39.7 Å². The van der Waals surface area contributed by atoms with Crippen molar-refractivity contribution in [2.75, 3.05) is 13.1 Å². The third-order valence-electron chi connectivity index (χ3n) is 4.40. The van der Waals surface area contributed by atoms with Crippen LogP contribution in [0.25, 0.3) is 5.69 Å². The fourth-order valence-corrected chi connectivity index (χ4v) is 3.06. The highest BCUT2D eigenvalue weighted by molar-refractivity contribution is 5.95. The molecular formula is C17H19F3N4O. The van der Waals surface area contributed by atoms with Gasteiger partial charge in [0.2, 0.25) is 0 Å². The molecule has 1 atom stereocenters. The molecule has 134 valence electrons. The number of nitrogens with two attached hydrogens (primary N) is 1. The van der Waals surface area contributed by atoms with Gasteiger partial charge < -0.3 is 10.6 Å². The average Bonchev–Trinajstić information content (AvgIpc) is 2.95. The normalized spacial score (nSPS) is 18.4. The summed E-state index contributed by atoms with van der Waals surface area (Å²) >= 11 is 0. The van der Waals surface area contributed by atoms with Crippen LogP contribution >= 0.6 is 0 Å². The minimum atomic E-state index is -4.43. The number of likely N-dealkylation sites (tertiary alicyclic amines) is 1. The van der Waals surface area contributed by atoms with Gasteiger partial charge in [0.05, 0.1) is 28.7 Å². The molecule has 0 spiro atoms. The Labute approximate surface area is 143 Å². The van der Waals surface area contributed by atoms with Gasteiger partial charge in [-0.25, -0.2) is 4.68 Å². The van der Waals surface area contributed by atoms with E-state index in [1.54, 1.807) is 11.8 Å². The van der Waals surface area contributed by atoms with Crippen molar-refractivity contribution in [1.29, 1.82) is 0 Å². The summed E-state index contributed by atoms with van der Waals surface area (Å²) < 4.78 is 40.0. The van der Waals surface area contributed by atoms with E-state index in [2.05, 4.69) is 5.10 Å². The second-order valence-corrected chi connectivity index (χ2v) is 6.26. The monoisotopic (exact) mass is 352 g/mol. The fourth-order valence-electron chi connectivity index (χ4n) is 3.06. The van der Waals surface area contributed by atoms with Crippen LogP contribution in [0.4, 0.5) is 13.2 Å². The van der Waals surface area contributed by atoms with E-state index >= 15 is 0 Å². The van der Waals surface area contributed by atoms with Crippen LogP contribution in [0, 0.1) is 6.92 Å². The molecule has 0 unspecified atom stereocenters. The molecule has 2 N–H and O–H groups in total. The maximum Gasteiger partial charge on any atom is 0.416 e. The average molecular weight is 352 g/mol. The molecular weight excluding hydrogens is 333 g/mol. The number of alkyl halides is 3. The number of piperidine rings is 1. The standard InChI is InChI=1S/C17H19F3N4O/c1-11-15(16(25)23-7-3-5-13(21)10-23)9-22-24(11)14-6-2-4-12(8-14)17(18,19)20/h2,4,6,8-9,13H,3,5,7,10,21H2,1H3/t13-/m0/s1. The molecule has 1 saturated heterocycles. The molecule has 1 aromatic heterocycles. The first-order chi connectivity index (χ1) is 11.8. The number of amides is 1. The summed E-state index contributed by atoms with van der Waals surface area (Å²) in [6.45, 7) is 2.78. The Kier molecular flexibility index (Phi) is 4.55. The highest BCUT2D eigenvalue weighted by Crippen LogP contribution is 2.30. The molecule has 3 rings (SSSR count). The number of aromatic nitrogens is 2. The predicted molar refractivity (Wildman–Crippen MR) is 86.4 cm³/mol. The van der Waals surface area contributed by atoms with E-state index in [0.29, 0.717) is 24.3 Å². The third-order valence-corrected chi connectivity index (χ3v) is 4.40. The van der Waals surface area contributed by atoms with Crippen molar-refractivity contribution < 1.29 is 18.0 Å². The van der Waals surface area contributed by atoms with Crippen molar-refractivity contribution in [2.45, 2.75) is 32.0 Å². The summed E-state index contributed by atoms with van der Waals surface area (Å²) in [6.07, 6.45) is -1.31. The van der Waals surface area contributed by atoms with E-state index < -0.39 is 11.7 Å².